The Hall–Kier alpha value is -2.66. The summed E-state index contributed by atoms with van der Waals surface area (Å²) >= 11 is 5.79. The first kappa shape index (κ1) is 16.7. The van der Waals surface area contributed by atoms with Gasteiger partial charge < -0.3 is 5.32 Å². The summed E-state index contributed by atoms with van der Waals surface area (Å²) in [5.74, 6) is -0.404. The number of nitrogens with one attached hydrogen (secondary N) is 2. The number of hydrogen-bond acceptors (Lipinski definition) is 3. The molecule has 0 atom stereocenters. The van der Waals surface area contributed by atoms with Crippen LogP contribution in [0.3, 0.4) is 0 Å². The Balaban J connectivity index is 1.92. The van der Waals surface area contributed by atoms with E-state index >= 15 is 0 Å². The number of rotatable bonds is 5. The largest absolute Gasteiger partial charge is 0.326 e. The third kappa shape index (κ3) is 5.23. The van der Waals surface area contributed by atoms with Crippen molar-refractivity contribution in [2.75, 3.05) is 5.32 Å². The normalized spacial score (nSPS) is 10.5. The molecule has 2 amide bonds. The summed E-state index contributed by atoms with van der Waals surface area (Å²) in [7, 11) is 0. The smallest absolute Gasteiger partial charge is 0.271 e. The van der Waals surface area contributed by atoms with Crippen molar-refractivity contribution in [2.24, 2.45) is 5.10 Å². The number of carbonyl (C=O) groups is 2. The zero-order chi connectivity index (χ0) is 16.7. The Morgan fingerprint density at radius 3 is 2.35 bits per heavy atom. The van der Waals surface area contributed by atoms with Crippen LogP contribution in [0.1, 0.15) is 29.3 Å². The van der Waals surface area contributed by atoms with Gasteiger partial charge in [-0.05, 0) is 42.0 Å². The molecule has 6 heteroatoms. The Kier molecular flexibility index (Phi) is 5.88. The summed E-state index contributed by atoms with van der Waals surface area (Å²) in [6.07, 6.45) is 1.94. The van der Waals surface area contributed by atoms with Crippen molar-refractivity contribution in [3.05, 3.63) is 64.7 Å². The molecule has 2 aromatic rings. The molecule has 0 saturated carbocycles. The average Bonchev–Trinajstić information content (AvgIpc) is 2.57. The van der Waals surface area contributed by atoms with E-state index in [-0.39, 0.29) is 11.8 Å². The first-order chi connectivity index (χ1) is 11.1. The molecular weight excluding hydrogens is 314 g/mol. The quantitative estimate of drug-likeness (QED) is 0.651. The topological polar surface area (TPSA) is 70.6 Å². The molecule has 5 nitrogen and oxygen atoms in total. The Bertz CT molecular complexity index is 710. The Morgan fingerprint density at radius 2 is 1.74 bits per heavy atom. The molecule has 2 rings (SSSR count). The molecule has 0 heterocycles. The van der Waals surface area contributed by atoms with Crippen LogP contribution in [0.2, 0.25) is 5.02 Å². The molecule has 118 valence electrons. The summed E-state index contributed by atoms with van der Waals surface area (Å²) in [5.41, 5.74) is 4.37. The van der Waals surface area contributed by atoms with E-state index in [9.17, 15) is 9.59 Å². The summed E-state index contributed by atoms with van der Waals surface area (Å²) in [6, 6.07) is 13.7. The molecule has 0 aliphatic carbocycles. The van der Waals surface area contributed by atoms with Crippen molar-refractivity contribution < 1.29 is 9.59 Å². The van der Waals surface area contributed by atoms with E-state index in [2.05, 4.69) is 15.8 Å². The fraction of sp³-hybridized carbons (Fsp3) is 0.118. The molecule has 2 aromatic carbocycles. The standard InChI is InChI=1S/C17H16ClN3O2/c1-2-16(22)20-15-9-5-13(6-10-15)17(23)21-19-11-12-3-7-14(18)8-4-12/h3-11H,2H2,1H3,(H,20,22)(H,21,23)/b19-11-. The monoisotopic (exact) mass is 329 g/mol. The average molecular weight is 330 g/mol. The second-order valence-corrected chi connectivity index (χ2v) is 5.17. The minimum Gasteiger partial charge on any atom is -0.326 e. The van der Waals surface area contributed by atoms with Crippen LogP contribution >= 0.6 is 11.6 Å². The molecule has 0 spiro atoms. The van der Waals surface area contributed by atoms with E-state index in [0.29, 0.717) is 22.7 Å². The second-order valence-electron chi connectivity index (χ2n) is 4.73. The fourth-order valence-corrected chi connectivity index (χ4v) is 1.86. The van der Waals surface area contributed by atoms with Crippen LogP contribution in [0.25, 0.3) is 0 Å². The summed E-state index contributed by atoms with van der Waals surface area (Å²) in [6.45, 7) is 1.77. The number of hydrogen-bond donors (Lipinski definition) is 2. The van der Waals surface area contributed by atoms with Gasteiger partial charge in [-0.15, -0.1) is 0 Å². The van der Waals surface area contributed by atoms with Gasteiger partial charge in [-0.3, -0.25) is 9.59 Å². The summed E-state index contributed by atoms with van der Waals surface area (Å²) in [5, 5.41) is 7.25. The molecule has 0 unspecified atom stereocenters. The van der Waals surface area contributed by atoms with Crippen LogP contribution in [-0.4, -0.2) is 18.0 Å². The first-order valence-corrected chi connectivity index (χ1v) is 7.45. The fourth-order valence-electron chi connectivity index (χ4n) is 1.73. The number of amides is 2. The van der Waals surface area contributed by atoms with Gasteiger partial charge in [0, 0.05) is 22.7 Å². The highest BCUT2D eigenvalue weighted by atomic mass is 35.5. The van der Waals surface area contributed by atoms with Gasteiger partial charge in [0.2, 0.25) is 5.91 Å². The van der Waals surface area contributed by atoms with Gasteiger partial charge in [-0.25, -0.2) is 5.43 Å². The highest BCUT2D eigenvalue weighted by Gasteiger charge is 2.05. The molecular formula is C17H16ClN3O2. The maximum Gasteiger partial charge on any atom is 0.271 e. The van der Waals surface area contributed by atoms with E-state index in [1.165, 1.54) is 6.21 Å². The molecule has 0 radical (unpaired) electrons. The number of nitrogens with zero attached hydrogens (tertiary/aromatic N) is 1. The SMILES string of the molecule is CCC(=O)Nc1ccc(C(=O)N/N=C\c2ccc(Cl)cc2)cc1. The molecule has 0 aromatic heterocycles. The molecule has 0 aliphatic heterocycles. The van der Waals surface area contributed by atoms with Gasteiger partial charge in [-0.1, -0.05) is 30.7 Å². The predicted molar refractivity (Wildman–Crippen MR) is 91.9 cm³/mol. The first-order valence-electron chi connectivity index (χ1n) is 7.07. The lowest BCUT2D eigenvalue weighted by molar-refractivity contribution is -0.115. The van der Waals surface area contributed by atoms with E-state index in [0.717, 1.165) is 5.56 Å². The van der Waals surface area contributed by atoms with Crippen molar-refractivity contribution in [3.8, 4) is 0 Å². The maximum absolute atomic E-state index is 11.9. The summed E-state index contributed by atoms with van der Waals surface area (Å²) < 4.78 is 0. The number of halogens is 1. The van der Waals surface area contributed by atoms with Crippen LogP contribution in [0.15, 0.2) is 53.6 Å². The lowest BCUT2D eigenvalue weighted by Gasteiger charge is -2.04. The molecule has 0 saturated heterocycles. The maximum atomic E-state index is 11.9. The van der Waals surface area contributed by atoms with Crippen LogP contribution in [0.4, 0.5) is 5.69 Å². The zero-order valence-corrected chi connectivity index (χ0v) is 13.3. The van der Waals surface area contributed by atoms with Gasteiger partial charge >= 0.3 is 0 Å². The van der Waals surface area contributed by atoms with E-state index in [1.807, 2.05) is 0 Å². The number of hydrazone groups is 1. The highest BCUT2D eigenvalue weighted by Crippen LogP contribution is 2.10. The van der Waals surface area contributed by atoms with Gasteiger partial charge in [0.1, 0.15) is 0 Å². The number of carbonyl (C=O) groups excluding carboxylic acids is 2. The van der Waals surface area contributed by atoms with Crippen LogP contribution in [-0.2, 0) is 4.79 Å². The number of benzene rings is 2. The van der Waals surface area contributed by atoms with Gasteiger partial charge in [0.05, 0.1) is 6.21 Å². The van der Waals surface area contributed by atoms with E-state index in [1.54, 1.807) is 55.5 Å². The zero-order valence-electron chi connectivity index (χ0n) is 12.5. The molecule has 0 bridgehead atoms. The minimum absolute atomic E-state index is 0.0743. The minimum atomic E-state index is -0.330. The molecule has 0 fully saturated rings. The second kappa shape index (κ2) is 8.10. The van der Waals surface area contributed by atoms with Gasteiger partial charge in [0.25, 0.3) is 5.91 Å². The Morgan fingerprint density at radius 1 is 1.09 bits per heavy atom. The van der Waals surface area contributed by atoms with Crippen molar-refractivity contribution >= 4 is 35.3 Å². The van der Waals surface area contributed by atoms with Gasteiger partial charge in [-0.2, -0.15) is 5.10 Å². The molecule has 2 N–H and O–H groups in total. The van der Waals surface area contributed by atoms with Crippen LogP contribution < -0.4 is 10.7 Å². The number of anilines is 1. The van der Waals surface area contributed by atoms with Crippen molar-refractivity contribution in [3.63, 3.8) is 0 Å². The van der Waals surface area contributed by atoms with Gasteiger partial charge in [0.15, 0.2) is 0 Å². The molecule has 0 aliphatic rings. The van der Waals surface area contributed by atoms with E-state index < -0.39 is 0 Å². The van der Waals surface area contributed by atoms with E-state index in [4.69, 9.17) is 11.6 Å². The Labute approximate surface area is 139 Å². The lowest BCUT2D eigenvalue weighted by atomic mass is 10.2. The molecule has 23 heavy (non-hydrogen) atoms. The highest BCUT2D eigenvalue weighted by molar-refractivity contribution is 6.30. The van der Waals surface area contributed by atoms with Crippen molar-refractivity contribution in [2.45, 2.75) is 13.3 Å². The predicted octanol–water partition coefficient (Wildman–Crippen LogP) is 3.45. The summed E-state index contributed by atoms with van der Waals surface area (Å²) in [4.78, 5) is 23.2. The van der Waals surface area contributed by atoms with Crippen LogP contribution in [0.5, 0.6) is 0 Å². The lowest BCUT2D eigenvalue weighted by Crippen LogP contribution is -2.17. The van der Waals surface area contributed by atoms with Crippen LogP contribution in [0, 0.1) is 0 Å². The van der Waals surface area contributed by atoms with Crippen molar-refractivity contribution in [1.82, 2.24) is 5.43 Å². The third-order valence-corrected chi connectivity index (χ3v) is 3.25. The van der Waals surface area contributed by atoms with Crippen molar-refractivity contribution in [1.29, 1.82) is 0 Å². The third-order valence-electron chi connectivity index (χ3n) is 3.00.